The third-order valence-corrected chi connectivity index (χ3v) is 10.4. The standard InChI is InChI=1S/C27H29N5O7S/c33-25-21-16-17(3-10-22(21)28-25)24-29-23(39-31-24)2-1-15-38-19-6-8-20(9-7-19)40(36,37)27(26(34)30-35)11-13-32(14-12-27)18-4-5-18/h3,6-10,16,18,35H,1-2,4-5,11-15H2,(H,28,33)(H,30,34). The van der Waals surface area contributed by atoms with E-state index < -0.39 is 20.5 Å². The second kappa shape index (κ2) is 10.3. The van der Waals surface area contributed by atoms with Crippen molar-refractivity contribution in [2.24, 2.45) is 0 Å². The fraction of sp³-hybridized carbons (Fsp3) is 0.407. The number of fused-ring (bicyclic) bond motifs is 1. The van der Waals surface area contributed by atoms with Gasteiger partial charge in [0.1, 0.15) is 5.75 Å². The molecule has 3 N–H and O–H groups in total. The van der Waals surface area contributed by atoms with Gasteiger partial charge in [0.25, 0.3) is 11.8 Å². The van der Waals surface area contributed by atoms with Crippen LogP contribution >= 0.6 is 0 Å². The number of aryl methyl sites for hydroxylation is 1. The number of hydrogen-bond donors (Lipinski definition) is 3. The highest BCUT2D eigenvalue weighted by atomic mass is 32.2. The van der Waals surface area contributed by atoms with Crippen LogP contribution in [0.4, 0.5) is 5.69 Å². The van der Waals surface area contributed by atoms with Gasteiger partial charge in [-0.25, -0.2) is 13.9 Å². The largest absolute Gasteiger partial charge is 0.494 e. The zero-order valence-corrected chi connectivity index (χ0v) is 22.4. The predicted molar refractivity (Wildman–Crippen MR) is 142 cm³/mol. The Morgan fingerprint density at radius 3 is 2.60 bits per heavy atom. The number of anilines is 1. The van der Waals surface area contributed by atoms with Crippen molar-refractivity contribution in [3.05, 3.63) is 53.9 Å². The molecule has 2 aliphatic heterocycles. The molecule has 40 heavy (non-hydrogen) atoms. The van der Waals surface area contributed by atoms with Crippen molar-refractivity contribution >= 4 is 27.3 Å². The number of sulfone groups is 1. The first-order valence-corrected chi connectivity index (χ1v) is 14.7. The molecule has 2 fully saturated rings. The summed E-state index contributed by atoms with van der Waals surface area (Å²) in [4.78, 5) is 30.9. The summed E-state index contributed by atoms with van der Waals surface area (Å²) in [5.41, 5.74) is 3.67. The second-order valence-electron chi connectivity index (χ2n) is 10.4. The van der Waals surface area contributed by atoms with Gasteiger partial charge in [0, 0.05) is 31.1 Å². The van der Waals surface area contributed by atoms with Crippen molar-refractivity contribution in [3.63, 3.8) is 0 Å². The summed E-state index contributed by atoms with van der Waals surface area (Å²) < 4.78 is 36.6. The van der Waals surface area contributed by atoms with Crippen LogP contribution in [0.1, 0.15) is 48.4 Å². The Bertz CT molecular complexity index is 1540. The molecule has 1 saturated carbocycles. The molecule has 1 aromatic heterocycles. The van der Waals surface area contributed by atoms with Crippen molar-refractivity contribution in [1.82, 2.24) is 20.5 Å². The summed E-state index contributed by atoms with van der Waals surface area (Å²) in [5, 5.41) is 16.0. The Balaban J connectivity index is 1.04. The fourth-order valence-electron chi connectivity index (χ4n) is 5.34. The molecular weight excluding hydrogens is 538 g/mol. The van der Waals surface area contributed by atoms with E-state index in [1.54, 1.807) is 29.7 Å². The van der Waals surface area contributed by atoms with Crippen molar-refractivity contribution in [2.75, 3.05) is 25.0 Å². The van der Waals surface area contributed by atoms with Gasteiger partial charge in [-0.3, -0.25) is 14.8 Å². The van der Waals surface area contributed by atoms with E-state index in [2.05, 4.69) is 20.4 Å². The lowest BCUT2D eigenvalue weighted by atomic mass is 9.94. The predicted octanol–water partition coefficient (Wildman–Crippen LogP) is 2.59. The molecule has 3 aromatic rings. The number of nitrogens with zero attached hydrogens (tertiary/aromatic N) is 3. The molecule has 1 saturated heterocycles. The number of amides is 2. The van der Waals surface area contributed by atoms with Crippen LogP contribution in [-0.4, -0.2) is 71.0 Å². The van der Waals surface area contributed by atoms with Gasteiger partial charge in [0.05, 0.1) is 22.8 Å². The zero-order valence-electron chi connectivity index (χ0n) is 21.6. The molecule has 6 rings (SSSR count). The number of nitrogens with one attached hydrogen (secondary N) is 2. The van der Waals surface area contributed by atoms with Crippen molar-refractivity contribution in [1.29, 1.82) is 0 Å². The molecule has 210 valence electrons. The van der Waals surface area contributed by atoms with E-state index >= 15 is 0 Å². The molecule has 2 aromatic carbocycles. The monoisotopic (exact) mass is 567 g/mol. The molecule has 3 heterocycles. The number of carbonyl (C=O) groups is 2. The minimum atomic E-state index is -4.07. The Labute approximate surface area is 230 Å². The molecule has 12 nitrogen and oxygen atoms in total. The lowest BCUT2D eigenvalue weighted by Crippen LogP contribution is -2.58. The van der Waals surface area contributed by atoms with Crippen molar-refractivity contribution < 1.29 is 32.5 Å². The maximum absolute atomic E-state index is 13.6. The quantitative estimate of drug-likeness (QED) is 0.188. The molecule has 0 unspecified atom stereocenters. The molecule has 0 atom stereocenters. The lowest BCUT2D eigenvalue weighted by Gasteiger charge is -2.39. The van der Waals surface area contributed by atoms with Gasteiger partial charge < -0.3 is 19.5 Å². The molecule has 0 spiro atoms. The summed E-state index contributed by atoms with van der Waals surface area (Å²) >= 11 is 0. The highest BCUT2D eigenvalue weighted by molar-refractivity contribution is 7.93. The number of likely N-dealkylation sites (tertiary alicyclic amines) is 1. The number of rotatable bonds is 10. The lowest BCUT2D eigenvalue weighted by molar-refractivity contribution is -0.133. The van der Waals surface area contributed by atoms with Crippen LogP contribution in [0.15, 0.2) is 51.9 Å². The van der Waals surface area contributed by atoms with E-state index in [1.165, 1.54) is 12.1 Å². The Morgan fingerprint density at radius 2 is 1.93 bits per heavy atom. The normalized spacial score (nSPS) is 18.4. The fourth-order valence-corrected chi connectivity index (χ4v) is 7.30. The average Bonchev–Trinajstić information content (AvgIpc) is 3.72. The summed E-state index contributed by atoms with van der Waals surface area (Å²) in [5.74, 6) is 0.300. The number of aromatic nitrogens is 2. The minimum absolute atomic E-state index is 0.00930. The van der Waals surface area contributed by atoms with Crippen LogP contribution in [0.5, 0.6) is 5.75 Å². The molecule has 0 radical (unpaired) electrons. The van der Waals surface area contributed by atoms with Crippen molar-refractivity contribution in [2.45, 2.75) is 54.2 Å². The molecule has 2 amide bonds. The first-order valence-electron chi connectivity index (χ1n) is 13.3. The summed E-state index contributed by atoms with van der Waals surface area (Å²) in [7, 11) is -4.07. The molecule has 13 heteroatoms. The average molecular weight is 568 g/mol. The van der Waals surface area contributed by atoms with Crippen molar-refractivity contribution in [3.8, 4) is 17.1 Å². The van der Waals surface area contributed by atoms with Crippen LogP contribution in [0.2, 0.25) is 0 Å². The van der Waals surface area contributed by atoms with Crippen LogP contribution < -0.4 is 15.5 Å². The Hall–Kier alpha value is -3.81. The smallest absolute Gasteiger partial charge is 0.265 e. The number of benzene rings is 2. The summed E-state index contributed by atoms with van der Waals surface area (Å²) in [6, 6.07) is 11.8. The number of carbonyl (C=O) groups excluding carboxylic acids is 2. The van der Waals surface area contributed by atoms with Crippen LogP contribution in [0.3, 0.4) is 0 Å². The van der Waals surface area contributed by atoms with Gasteiger partial charge in [0.15, 0.2) is 14.6 Å². The van der Waals surface area contributed by atoms with Gasteiger partial charge in [0.2, 0.25) is 11.7 Å². The van der Waals surface area contributed by atoms with Gasteiger partial charge in [-0.15, -0.1) is 0 Å². The third-order valence-electron chi connectivity index (χ3n) is 7.88. The minimum Gasteiger partial charge on any atom is -0.494 e. The van der Waals surface area contributed by atoms with E-state index in [4.69, 9.17) is 9.26 Å². The SMILES string of the molecule is O=C1Nc2ccc(-c3noc(CCCOc4ccc(S(=O)(=O)C5(C(=O)NO)CCN(C6CC6)CC5)cc4)n3)cc21. The van der Waals surface area contributed by atoms with E-state index in [0.29, 0.717) is 67.2 Å². The van der Waals surface area contributed by atoms with E-state index in [-0.39, 0.29) is 23.6 Å². The summed E-state index contributed by atoms with van der Waals surface area (Å²) in [6.07, 6.45) is 3.48. The van der Waals surface area contributed by atoms with Gasteiger partial charge >= 0.3 is 0 Å². The van der Waals surface area contributed by atoms with Gasteiger partial charge in [-0.2, -0.15) is 4.98 Å². The molecular formula is C27H29N5O7S. The molecule has 0 bridgehead atoms. The first-order chi connectivity index (χ1) is 19.3. The Morgan fingerprint density at radius 1 is 1.18 bits per heavy atom. The second-order valence-corrected chi connectivity index (χ2v) is 12.6. The number of hydroxylamine groups is 1. The molecule has 1 aliphatic carbocycles. The highest BCUT2D eigenvalue weighted by Gasteiger charge is 2.54. The van der Waals surface area contributed by atoms with Crippen LogP contribution in [0.25, 0.3) is 11.4 Å². The molecule has 3 aliphatic rings. The summed E-state index contributed by atoms with van der Waals surface area (Å²) in [6.45, 7) is 1.31. The third kappa shape index (κ3) is 4.73. The van der Waals surface area contributed by atoms with E-state index in [9.17, 15) is 23.2 Å². The maximum atomic E-state index is 13.6. The Kier molecular flexibility index (Phi) is 6.80. The first kappa shape index (κ1) is 26.4. The van der Waals surface area contributed by atoms with Crippen LogP contribution in [-0.2, 0) is 21.1 Å². The zero-order chi connectivity index (χ0) is 27.9. The topological polar surface area (TPSA) is 164 Å². The maximum Gasteiger partial charge on any atom is 0.265 e. The number of hydrogen-bond acceptors (Lipinski definition) is 10. The van der Waals surface area contributed by atoms with E-state index in [0.717, 1.165) is 18.5 Å². The number of ether oxygens (including phenoxy) is 1. The van der Waals surface area contributed by atoms with Gasteiger partial charge in [-0.1, -0.05) is 5.16 Å². The van der Waals surface area contributed by atoms with E-state index in [1.807, 2.05) is 6.07 Å². The number of piperidine rings is 1. The van der Waals surface area contributed by atoms with Crippen LogP contribution in [0, 0.1) is 0 Å². The van der Waals surface area contributed by atoms with Gasteiger partial charge in [-0.05, 0) is 74.6 Å². The highest BCUT2D eigenvalue weighted by Crippen LogP contribution is 2.39.